The lowest BCUT2D eigenvalue weighted by molar-refractivity contribution is -0.123. The van der Waals surface area contributed by atoms with Crippen LogP contribution in [-0.4, -0.2) is 40.6 Å². The maximum absolute atomic E-state index is 14.0. The number of benzene rings is 2. The van der Waals surface area contributed by atoms with Crippen molar-refractivity contribution in [2.45, 2.75) is 17.9 Å². The highest BCUT2D eigenvalue weighted by molar-refractivity contribution is 7.89. The molecule has 0 aliphatic rings. The van der Waals surface area contributed by atoms with Gasteiger partial charge in [0.25, 0.3) is 5.91 Å². The van der Waals surface area contributed by atoms with Crippen LogP contribution in [0.15, 0.2) is 47.4 Å². The first-order chi connectivity index (χ1) is 13.2. The van der Waals surface area contributed by atoms with Crippen molar-refractivity contribution >= 4 is 27.6 Å². The third kappa shape index (κ3) is 5.05. The van der Waals surface area contributed by atoms with Gasteiger partial charge in [-0.05, 0) is 56.4 Å². The van der Waals surface area contributed by atoms with Gasteiger partial charge < -0.3 is 14.8 Å². The minimum atomic E-state index is -3.88. The normalized spacial score (nSPS) is 12.1. The van der Waals surface area contributed by atoms with Gasteiger partial charge in [0.15, 0.2) is 6.10 Å². The van der Waals surface area contributed by atoms with Crippen LogP contribution in [0.1, 0.15) is 17.3 Å². The van der Waals surface area contributed by atoms with E-state index in [0.717, 1.165) is 18.2 Å². The number of hydrogen-bond acceptors (Lipinski definition) is 6. The molecule has 0 saturated heterocycles. The van der Waals surface area contributed by atoms with Crippen LogP contribution in [0.4, 0.5) is 10.1 Å². The number of halogens is 1. The average Bonchev–Trinajstić information content (AvgIpc) is 2.68. The van der Waals surface area contributed by atoms with Gasteiger partial charge in [0.2, 0.25) is 10.0 Å². The maximum Gasteiger partial charge on any atom is 0.341 e. The van der Waals surface area contributed by atoms with Gasteiger partial charge in [-0.15, -0.1) is 0 Å². The molecule has 0 aliphatic carbocycles. The Morgan fingerprint density at radius 2 is 1.75 bits per heavy atom. The fourth-order valence-corrected chi connectivity index (χ4v) is 2.90. The van der Waals surface area contributed by atoms with E-state index in [0.29, 0.717) is 11.4 Å². The number of anilines is 1. The number of carbonyl (C=O) groups is 2. The molecule has 8 nitrogen and oxygen atoms in total. The summed E-state index contributed by atoms with van der Waals surface area (Å²) < 4.78 is 49.6. The van der Waals surface area contributed by atoms with E-state index in [4.69, 9.17) is 9.47 Å². The van der Waals surface area contributed by atoms with Crippen molar-refractivity contribution in [2.24, 2.45) is 0 Å². The SMILES string of the molecule is CNS(=O)(=O)c1ccc(F)c(C(=O)OC(C)C(=O)Nc2ccc(OC)cc2)c1. The Hall–Kier alpha value is -2.98. The second kappa shape index (κ2) is 8.81. The summed E-state index contributed by atoms with van der Waals surface area (Å²) in [6.45, 7) is 1.31. The number of sulfonamides is 1. The average molecular weight is 410 g/mol. The van der Waals surface area contributed by atoms with Gasteiger partial charge >= 0.3 is 5.97 Å². The fourth-order valence-electron chi connectivity index (χ4n) is 2.14. The summed E-state index contributed by atoms with van der Waals surface area (Å²) in [5.41, 5.74) is -0.151. The van der Waals surface area contributed by atoms with E-state index in [1.807, 2.05) is 0 Å². The topological polar surface area (TPSA) is 111 Å². The highest BCUT2D eigenvalue weighted by atomic mass is 32.2. The maximum atomic E-state index is 14.0. The molecule has 10 heteroatoms. The lowest BCUT2D eigenvalue weighted by Crippen LogP contribution is -2.30. The largest absolute Gasteiger partial charge is 0.497 e. The summed E-state index contributed by atoms with van der Waals surface area (Å²) in [5, 5.41) is 2.54. The summed E-state index contributed by atoms with van der Waals surface area (Å²) in [4.78, 5) is 24.1. The standard InChI is InChI=1S/C18H19FN2O6S/c1-11(17(22)21-12-4-6-13(26-3)7-5-12)27-18(23)15-10-14(8-9-16(15)19)28(24,25)20-2/h4-11,20H,1-3H3,(H,21,22). The zero-order valence-electron chi connectivity index (χ0n) is 15.4. The van der Waals surface area contributed by atoms with Gasteiger partial charge in [0.1, 0.15) is 11.6 Å². The van der Waals surface area contributed by atoms with Crippen molar-refractivity contribution in [3.8, 4) is 5.75 Å². The van der Waals surface area contributed by atoms with Crippen LogP contribution in [0.3, 0.4) is 0 Å². The van der Waals surface area contributed by atoms with Gasteiger partial charge in [-0.2, -0.15) is 0 Å². The number of hydrogen-bond donors (Lipinski definition) is 2. The molecular weight excluding hydrogens is 391 g/mol. The van der Waals surface area contributed by atoms with Crippen LogP contribution in [0.2, 0.25) is 0 Å². The van der Waals surface area contributed by atoms with E-state index in [1.54, 1.807) is 24.3 Å². The predicted octanol–water partition coefficient (Wildman–Crippen LogP) is 1.93. The Morgan fingerprint density at radius 3 is 2.32 bits per heavy atom. The zero-order valence-corrected chi connectivity index (χ0v) is 16.2. The first-order valence-electron chi connectivity index (χ1n) is 8.07. The molecule has 0 heterocycles. The molecule has 0 fully saturated rings. The number of methoxy groups -OCH3 is 1. The molecule has 0 aliphatic heterocycles. The Bertz CT molecular complexity index is 976. The summed E-state index contributed by atoms with van der Waals surface area (Å²) in [5.74, 6) is -2.17. The summed E-state index contributed by atoms with van der Waals surface area (Å²) in [7, 11) is -1.19. The molecule has 0 bridgehead atoms. The number of amides is 1. The first-order valence-corrected chi connectivity index (χ1v) is 9.55. The van der Waals surface area contributed by atoms with Crippen molar-refractivity contribution in [3.63, 3.8) is 0 Å². The smallest absolute Gasteiger partial charge is 0.341 e. The van der Waals surface area contributed by atoms with Crippen LogP contribution in [0.25, 0.3) is 0 Å². The Labute approximate surface area is 161 Å². The van der Waals surface area contributed by atoms with Gasteiger partial charge in [0, 0.05) is 5.69 Å². The number of ether oxygens (including phenoxy) is 2. The minimum Gasteiger partial charge on any atom is -0.497 e. The number of carbonyl (C=O) groups excluding carboxylic acids is 2. The molecule has 28 heavy (non-hydrogen) atoms. The van der Waals surface area contributed by atoms with Gasteiger partial charge in [0.05, 0.1) is 17.6 Å². The van der Waals surface area contributed by atoms with Crippen LogP contribution in [0.5, 0.6) is 5.75 Å². The molecule has 1 unspecified atom stereocenters. The number of esters is 1. The second-order valence-corrected chi connectivity index (χ2v) is 7.50. The van der Waals surface area contributed by atoms with Crippen LogP contribution in [-0.2, 0) is 19.6 Å². The van der Waals surface area contributed by atoms with E-state index in [9.17, 15) is 22.4 Å². The molecule has 1 atom stereocenters. The molecule has 2 aromatic carbocycles. The van der Waals surface area contributed by atoms with Crippen molar-refractivity contribution < 1.29 is 31.9 Å². The summed E-state index contributed by atoms with van der Waals surface area (Å²) in [6.07, 6.45) is -1.25. The molecule has 1 amide bonds. The Kier molecular flexibility index (Phi) is 6.71. The summed E-state index contributed by atoms with van der Waals surface area (Å²) >= 11 is 0. The Morgan fingerprint density at radius 1 is 1.11 bits per heavy atom. The zero-order chi connectivity index (χ0) is 20.9. The van der Waals surface area contributed by atoms with Crippen molar-refractivity contribution in [3.05, 3.63) is 53.8 Å². The van der Waals surface area contributed by atoms with Crippen molar-refractivity contribution in [1.82, 2.24) is 4.72 Å². The highest BCUT2D eigenvalue weighted by Crippen LogP contribution is 2.18. The molecule has 150 valence electrons. The molecule has 0 spiro atoms. The quantitative estimate of drug-likeness (QED) is 0.675. The summed E-state index contributed by atoms with van der Waals surface area (Å²) in [6, 6.07) is 9.15. The molecular formula is C18H19FN2O6S. The Balaban J connectivity index is 2.10. The molecule has 2 rings (SSSR count). The third-order valence-corrected chi connectivity index (χ3v) is 5.16. The van der Waals surface area contributed by atoms with Crippen molar-refractivity contribution in [1.29, 1.82) is 0 Å². The van der Waals surface area contributed by atoms with E-state index < -0.39 is 39.4 Å². The highest BCUT2D eigenvalue weighted by Gasteiger charge is 2.23. The molecule has 0 saturated carbocycles. The molecule has 2 N–H and O–H groups in total. The van der Waals surface area contributed by atoms with E-state index >= 15 is 0 Å². The van der Waals surface area contributed by atoms with Crippen molar-refractivity contribution in [2.75, 3.05) is 19.5 Å². The first kappa shape index (κ1) is 21.3. The number of nitrogens with one attached hydrogen (secondary N) is 2. The van der Waals surface area contributed by atoms with Gasteiger partial charge in [-0.25, -0.2) is 22.3 Å². The molecule has 0 radical (unpaired) electrons. The molecule has 0 aromatic heterocycles. The number of rotatable bonds is 7. The van der Waals surface area contributed by atoms with Crippen LogP contribution < -0.4 is 14.8 Å². The minimum absolute atomic E-state index is 0.307. The van der Waals surface area contributed by atoms with E-state index in [1.165, 1.54) is 21.1 Å². The van der Waals surface area contributed by atoms with Gasteiger partial charge in [-0.3, -0.25) is 4.79 Å². The lowest BCUT2D eigenvalue weighted by Gasteiger charge is -2.14. The van der Waals surface area contributed by atoms with Crippen LogP contribution >= 0.6 is 0 Å². The third-order valence-electron chi connectivity index (χ3n) is 3.75. The van der Waals surface area contributed by atoms with E-state index in [2.05, 4.69) is 10.0 Å². The van der Waals surface area contributed by atoms with Gasteiger partial charge in [-0.1, -0.05) is 0 Å². The lowest BCUT2D eigenvalue weighted by atomic mass is 10.2. The molecule has 2 aromatic rings. The fraction of sp³-hybridized carbons (Fsp3) is 0.222. The second-order valence-electron chi connectivity index (χ2n) is 5.61. The van der Waals surface area contributed by atoms with E-state index in [-0.39, 0.29) is 4.90 Å². The monoisotopic (exact) mass is 410 g/mol. The predicted molar refractivity (Wildman–Crippen MR) is 99.1 cm³/mol. The van der Waals surface area contributed by atoms with Crippen LogP contribution in [0, 0.1) is 5.82 Å².